The summed E-state index contributed by atoms with van der Waals surface area (Å²) in [5, 5.41) is 17.1. The molecule has 1 amide bonds. The summed E-state index contributed by atoms with van der Waals surface area (Å²) < 4.78 is 22.3. The Morgan fingerprint density at radius 2 is 1.58 bits per heavy atom. The summed E-state index contributed by atoms with van der Waals surface area (Å²) in [5.41, 5.74) is 0.615. The number of nitrogens with one attached hydrogen (secondary N) is 1. The number of nitrogens with two attached hydrogens (primary N) is 1. The van der Waals surface area contributed by atoms with Gasteiger partial charge in [0.1, 0.15) is 5.76 Å². The Morgan fingerprint density at radius 3 is 2.12 bits per heavy atom. The highest BCUT2D eigenvalue weighted by molar-refractivity contribution is 7.89. The molecule has 0 saturated heterocycles. The monoisotopic (exact) mass is 346 g/mol. The zero-order valence-corrected chi connectivity index (χ0v) is 13.2. The molecule has 2 aromatic rings. The molecular formula is C16H14N2O5S. The van der Waals surface area contributed by atoms with Crippen molar-refractivity contribution < 1.29 is 23.1 Å². The van der Waals surface area contributed by atoms with E-state index in [4.69, 9.17) is 5.14 Å². The number of hydrogen-bond donors (Lipinski definition) is 3. The van der Waals surface area contributed by atoms with Crippen LogP contribution in [-0.4, -0.2) is 25.2 Å². The van der Waals surface area contributed by atoms with E-state index < -0.39 is 21.7 Å². The fraction of sp³-hybridized carbons (Fsp3) is 0. The number of carbonyl (C=O) groups excluding carboxylic acids is 2. The molecule has 8 heteroatoms. The first-order chi connectivity index (χ1) is 11.3. The molecule has 0 bridgehead atoms. The molecule has 0 saturated carbocycles. The number of amides is 1. The first kappa shape index (κ1) is 17.4. The first-order valence-corrected chi connectivity index (χ1v) is 8.26. The number of hydrogen-bond acceptors (Lipinski definition) is 5. The van der Waals surface area contributed by atoms with E-state index in [1.54, 1.807) is 30.3 Å². The van der Waals surface area contributed by atoms with E-state index in [0.717, 1.165) is 6.08 Å². The molecule has 124 valence electrons. The van der Waals surface area contributed by atoms with Gasteiger partial charge in [-0.2, -0.15) is 0 Å². The summed E-state index contributed by atoms with van der Waals surface area (Å²) in [6.45, 7) is 0. The average Bonchev–Trinajstić information content (AvgIpc) is 2.55. The Labute approximate surface area is 138 Å². The number of benzene rings is 2. The lowest BCUT2D eigenvalue weighted by molar-refractivity contribution is -0.131. The summed E-state index contributed by atoms with van der Waals surface area (Å²) in [4.78, 5) is 23.5. The normalized spacial score (nSPS) is 11.8. The molecule has 0 aromatic heterocycles. The Morgan fingerprint density at radius 1 is 1.00 bits per heavy atom. The number of ketones is 1. The third-order valence-corrected chi connectivity index (χ3v) is 3.93. The van der Waals surface area contributed by atoms with E-state index in [9.17, 15) is 23.1 Å². The number of primary sulfonamides is 1. The van der Waals surface area contributed by atoms with Crippen LogP contribution in [-0.2, 0) is 19.6 Å². The molecule has 7 nitrogen and oxygen atoms in total. The Balaban J connectivity index is 2.08. The van der Waals surface area contributed by atoms with Crippen molar-refractivity contribution >= 4 is 33.2 Å². The summed E-state index contributed by atoms with van der Waals surface area (Å²) in [6.07, 6.45) is 0.809. The summed E-state index contributed by atoms with van der Waals surface area (Å²) in [7, 11) is -3.83. The van der Waals surface area contributed by atoms with E-state index in [-0.39, 0.29) is 16.3 Å². The van der Waals surface area contributed by atoms with Crippen LogP contribution in [0.1, 0.15) is 5.56 Å². The minimum absolute atomic E-state index is 0.117. The fourth-order valence-corrected chi connectivity index (χ4v) is 2.32. The maximum Gasteiger partial charge on any atom is 0.296 e. The summed E-state index contributed by atoms with van der Waals surface area (Å²) in [6, 6.07) is 13.3. The molecule has 0 aliphatic carbocycles. The van der Waals surface area contributed by atoms with Crippen molar-refractivity contribution in [3.8, 4) is 0 Å². The lowest BCUT2D eigenvalue weighted by Gasteiger charge is -2.04. The second kappa shape index (κ2) is 7.07. The average molecular weight is 346 g/mol. The van der Waals surface area contributed by atoms with Crippen molar-refractivity contribution in [2.45, 2.75) is 4.90 Å². The minimum Gasteiger partial charge on any atom is -0.507 e. The van der Waals surface area contributed by atoms with Gasteiger partial charge in [-0.15, -0.1) is 0 Å². The largest absolute Gasteiger partial charge is 0.507 e. The molecule has 2 rings (SSSR count). The molecule has 4 N–H and O–H groups in total. The van der Waals surface area contributed by atoms with E-state index in [2.05, 4.69) is 5.32 Å². The Kier molecular flexibility index (Phi) is 5.12. The lowest BCUT2D eigenvalue weighted by atomic mass is 10.1. The molecule has 0 spiro atoms. The topological polar surface area (TPSA) is 127 Å². The molecule has 2 aromatic carbocycles. The highest BCUT2D eigenvalue weighted by Crippen LogP contribution is 2.13. The van der Waals surface area contributed by atoms with Gasteiger partial charge in [0.25, 0.3) is 5.91 Å². The van der Waals surface area contributed by atoms with Gasteiger partial charge in [-0.3, -0.25) is 9.59 Å². The molecule has 0 heterocycles. The van der Waals surface area contributed by atoms with E-state index in [0.29, 0.717) is 5.56 Å². The van der Waals surface area contributed by atoms with Crippen LogP contribution in [0.3, 0.4) is 0 Å². The standard InChI is InChI=1S/C16H14N2O5S/c17-24(22,23)13-8-6-12(7-9-13)18-16(21)15(20)10-14(19)11-4-2-1-3-5-11/h1-10,19H,(H,18,21)(H2,17,22,23). The van der Waals surface area contributed by atoms with E-state index in [1.807, 2.05) is 0 Å². The Bertz CT molecular complexity index is 888. The number of rotatable bonds is 5. The van der Waals surface area contributed by atoms with Crippen molar-refractivity contribution in [2.75, 3.05) is 5.32 Å². The molecular weight excluding hydrogens is 332 g/mol. The predicted molar refractivity (Wildman–Crippen MR) is 88.5 cm³/mol. The van der Waals surface area contributed by atoms with Crippen LogP contribution in [0, 0.1) is 0 Å². The number of anilines is 1. The third kappa shape index (κ3) is 4.51. The lowest BCUT2D eigenvalue weighted by Crippen LogP contribution is -2.21. The molecule has 0 fully saturated rings. The van der Waals surface area contributed by atoms with Gasteiger partial charge >= 0.3 is 0 Å². The van der Waals surface area contributed by atoms with Gasteiger partial charge in [0, 0.05) is 17.3 Å². The molecule has 24 heavy (non-hydrogen) atoms. The van der Waals surface area contributed by atoms with Gasteiger partial charge in [-0.05, 0) is 24.3 Å². The SMILES string of the molecule is NS(=O)(=O)c1ccc(NC(=O)C(=O)C=C(O)c2ccccc2)cc1. The summed E-state index contributed by atoms with van der Waals surface area (Å²) >= 11 is 0. The minimum atomic E-state index is -3.83. The van der Waals surface area contributed by atoms with Crippen molar-refractivity contribution in [2.24, 2.45) is 5.14 Å². The highest BCUT2D eigenvalue weighted by Gasteiger charge is 2.14. The van der Waals surface area contributed by atoms with Gasteiger partial charge in [0.05, 0.1) is 4.90 Å². The van der Waals surface area contributed by atoms with Crippen LogP contribution in [0.2, 0.25) is 0 Å². The van der Waals surface area contributed by atoms with Crippen LogP contribution in [0.15, 0.2) is 65.6 Å². The molecule has 0 aliphatic heterocycles. The zero-order valence-electron chi connectivity index (χ0n) is 12.3. The predicted octanol–water partition coefficient (Wildman–Crippen LogP) is 1.44. The van der Waals surface area contributed by atoms with E-state index in [1.165, 1.54) is 24.3 Å². The van der Waals surface area contributed by atoms with Crippen molar-refractivity contribution in [3.05, 3.63) is 66.2 Å². The zero-order chi connectivity index (χ0) is 17.7. The maximum atomic E-state index is 11.8. The van der Waals surface area contributed by atoms with Gasteiger partial charge in [-0.1, -0.05) is 30.3 Å². The van der Waals surface area contributed by atoms with Crippen molar-refractivity contribution in [1.29, 1.82) is 0 Å². The number of carbonyl (C=O) groups is 2. The fourth-order valence-electron chi connectivity index (χ4n) is 1.80. The molecule has 0 atom stereocenters. The van der Waals surface area contributed by atoms with Crippen LogP contribution < -0.4 is 10.5 Å². The number of aliphatic hydroxyl groups is 1. The smallest absolute Gasteiger partial charge is 0.296 e. The van der Waals surface area contributed by atoms with Gasteiger partial charge < -0.3 is 10.4 Å². The Hall–Kier alpha value is -2.97. The van der Waals surface area contributed by atoms with Crippen molar-refractivity contribution in [3.63, 3.8) is 0 Å². The second-order valence-electron chi connectivity index (χ2n) is 4.78. The number of aliphatic hydroxyl groups excluding tert-OH is 1. The third-order valence-electron chi connectivity index (χ3n) is 3.00. The molecule has 0 radical (unpaired) electrons. The van der Waals surface area contributed by atoms with Gasteiger partial charge in [-0.25, -0.2) is 13.6 Å². The van der Waals surface area contributed by atoms with E-state index >= 15 is 0 Å². The maximum absolute atomic E-state index is 11.8. The van der Waals surface area contributed by atoms with Crippen LogP contribution in [0.25, 0.3) is 5.76 Å². The first-order valence-electron chi connectivity index (χ1n) is 6.71. The van der Waals surface area contributed by atoms with Crippen LogP contribution >= 0.6 is 0 Å². The van der Waals surface area contributed by atoms with Crippen molar-refractivity contribution in [1.82, 2.24) is 0 Å². The highest BCUT2D eigenvalue weighted by atomic mass is 32.2. The van der Waals surface area contributed by atoms with Gasteiger partial charge in [0.15, 0.2) is 0 Å². The quantitative estimate of drug-likeness (QED) is 0.429. The molecule has 0 aliphatic rings. The number of sulfonamides is 1. The van der Waals surface area contributed by atoms with Crippen LogP contribution in [0.5, 0.6) is 0 Å². The summed E-state index contributed by atoms with van der Waals surface area (Å²) in [5.74, 6) is -2.26. The second-order valence-corrected chi connectivity index (χ2v) is 6.34. The van der Waals surface area contributed by atoms with Gasteiger partial charge in [0.2, 0.25) is 15.8 Å². The van der Waals surface area contributed by atoms with Crippen LogP contribution in [0.4, 0.5) is 5.69 Å². The molecule has 0 unspecified atom stereocenters.